The highest BCUT2D eigenvalue weighted by Gasteiger charge is 2.25. The first-order valence-corrected chi connectivity index (χ1v) is 11.3. The molecule has 5 N–H and O–H groups in total. The van der Waals surface area contributed by atoms with Crippen LogP contribution in [0, 0.1) is 0 Å². The number of fused-ring (bicyclic) bond motifs is 4. The first-order chi connectivity index (χ1) is 15.8. The molecular weight excluding hydrogens is 495 g/mol. The molecule has 1 fully saturated rings. The fourth-order valence-corrected chi connectivity index (χ4v) is 5.14. The molecule has 190 valence electrons. The van der Waals surface area contributed by atoms with Gasteiger partial charge in [0.2, 0.25) is 5.75 Å². The average Bonchev–Trinajstić information content (AvgIpc) is 2.96. The summed E-state index contributed by atoms with van der Waals surface area (Å²) in [6.07, 6.45) is 2.42. The topological polar surface area (TPSA) is 134 Å². The molecule has 2 aliphatic rings. The third-order valence-electron chi connectivity index (χ3n) is 6.96. The third kappa shape index (κ3) is 4.99. The summed E-state index contributed by atoms with van der Waals surface area (Å²) in [5.74, 6) is -0.977. The number of nitrogens with one attached hydrogen (secondary N) is 1. The molecule has 1 aromatic carbocycles. The molecule has 0 amide bonds. The van der Waals surface area contributed by atoms with E-state index in [1.165, 1.54) is 5.69 Å². The summed E-state index contributed by atoms with van der Waals surface area (Å²) in [6.45, 7) is 2.84. The maximum absolute atomic E-state index is 12.5. The molecule has 5 rings (SSSR count). The standard InChI is InChI=1S/C24H28N4O5.2ClH/c1-27-16(12-28-7-5-15(25)6-8-28)9-14-10-18-13(11-19(14)27)3-2-4-17-20(18)26-23(30)22(21(17)29)33-24(31)32;;/h9-11,15H,2-8,12,25H2,1H3,(H,31,32)(H2,26,29,30);2*1H. The molecule has 1 aliphatic heterocycles. The van der Waals surface area contributed by atoms with E-state index >= 15 is 0 Å². The molecule has 0 spiro atoms. The van der Waals surface area contributed by atoms with Crippen molar-refractivity contribution in [2.75, 3.05) is 13.1 Å². The van der Waals surface area contributed by atoms with E-state index in [0.29, 0.717) is 23.7 Å². The molecular formula is C24H30Cl2N4O5. The Morgan fingerprint density at radius 3 is 2.60 bits per heavy atom. The van der Waals surface area contributed by atoms with Crippen LogP contribution in [0.2, 0.25) is 0 Å². The van der Waals surface area contributed by atoms with Crippen molar-refractivity contribution in [3.8, 4) is 22.8 Å². The summed E-state index contributed by atoms with van der Waals surface area (Å²) in [4.78, 5) is 28.7. The number of carboxylic acid groups (broad SMARTS) is 1. The minimum Gasteiger partial charge on any atom is -0.504 e. The lowest BCUT2D eigenvalue weighted by atomic mass is 9.99. The maximum atomic E-state index is 12.5. The zero-order chi connectivity index (χ0) is 23.3. The van der Waals surface area contributed by atoms with Crippen LogP contribution in [0.25, 0.3) is 22.2 Å². The highest BCUT2D eigenvalue weighted by molar-refractivity contribution is 5.89. The molecule has 0 bridgehead atoms. The zero-order valence-corrected chi connectivity index (χ0v) is 21.0. The van der Waals surface area contributed by atoms with Crippen molar-refractivity contribution in [2.24, 2.45) is 12.8 Å². The van der Waals surface area contributed by atoms with Crippen LogP contribution >= 0.6 is 24.8 Å². The van der Waals surface area contributed by atoms with Crippen LogP contribution in [-0.4, -0.2) is 50.0 Å². The summed E-state index contributed by atoms with van der Waals surface area (Å²) in [6, 6.07) is 6.68. The summed E-state index contributed by atoms with van der Waals surface area (Å²) < 4.78 is 6.77. The number of aromatic hydroxyl groups is 1. The molecule has 3 heterocycles. The second-order valence-electron chi connectivity index (χ2n) is 9.08. The number of aromatic amines is 1. The minimum absolute atomic E-state index is 0. The molecule has 35 heavy (non-hydrogen) atoms. The second-order valence-corrected chi connectivity index (χ2v) is 9.08. The van der Waals surface area contributed by atoms with Crippen LogP contribution in [0.3, 0.4) is 0 Å². The normalized spacial score (nSPS) is 15.9. The molecule has 11 heteroatoms. The number of hydrogen-bond donors (Lipinski definition) is 4. The number of rotatable bonds is 3. The summed E-state index contributed by atoms with van der Waals surface area (Å²) in [5, 5.41) is 20.6. The molecule has 0 atom stereocenters. The number of piperidine rings is 1. The Labute approximate surface area is 214 Å². The first kappa shape index (κ1) is 26.9. The predicted molar refractivity (Wildman–Crippen MR) is 138 cm³/mol. The number of likely N-dealkylation sites (tertiary alicyclic amines) is 1. The van der Waals surface area contributed by atoms with Gasteiger partial charge in [0.25, 0.3) is 5.56 Å². The highest BCUT2D eigenvalue weighted by Crippen LogP contribution is 2.40. The third-order valence-corrected chi connectivity index (χ3v) is 6.96. The van der Waals surface area contributed by atoms with Crippen molar-refractivity contribution in [3.05, 3.63) is 45.4 Å². The monoisotopic (exact) mass is 524 g/mol. The summed E-state index contributed by atoms with van der Waals surface area (Å²) in [7, 11) is 2.08. The Hall–Kier alpha value is -2.72. The number of aryl methyl sites for hydroxylation is 2. The number of nitrogens with zero attached hydrogens (tertiary/aromatic N) is 2. The van der Waals surface area contributed by atoms with Gasteiger partial charge in [-0.15, -0.1) is 24.8 Å². The Bertz CT molecular complexity index is 1310. The summed E-state index contributed by atoms with van der Waals surface area (Å²) >= 11 is 0. The Kier molecular flexibility index (Phi) is 8.06. The van der Waals surface area contributed by atoms with Crippen molar-refractivity contribution in [3.63, 3.8) is 0 Å². The van der Waals surface area contributed by atoms with Gasteiger partial charge in [-0.05, 0) is 55.9 Å². The van der Waals surface area contributed by atoms with Crippen molar-refractivity contribution >= 4 is 41.9 Å². The van der Waals surface area contributed by atoms with Gasteiger partial charge in [0, 0.05) is 60.4 Å². The molecule has 1 aliphatic carbocycles. The van der Waals surface area contributed by atoms with Crippen molar-refractivity contribution in [1.82, 2.24) is 14.5 Å². The largest absolute Gasteiger partial charge is 0.511 e. The van der Waals surface area contributed by atoms with Crippen LogP contribution in [0.5, 0.6) is 11.5 Å². The maximum Gasteiger partial charge on any atom is 0.511 e. The van der Waals surface area contributed by atoms with E-state index in [4.69, 9.17) is 10.8 Å². The smallest absolute Gasteiger partial charge is 0.504 e. The van der Waals surface area contributed by atoms with E-state index in [-0.39, 0.29) is 24.8 Å². The van der Waals surface area contributed by atoms with Gasteiger partial charge in [-0.2, -0.15) is 0 Å². The van der Waals surface area contributed by atoms with E-state index in [2.05, 4.69) is 44.4 Å². The second kappa shape index (κ2) is 10.5. The number of halogens is 2. The number of benzene rings is 1. The molecule has 2 aromatic heterocycles. The number of H-pyrrole nitrogens is 1. The first-order valence-electron chi connectivity index (χ1n) is 11.3. The van der Waals surface area contributed by atoms with Gasteiger partial charge in [0.15, 0.2) is 5.75 Å². The minimum atomic E-state index is -1.64. The van der Waals surface area contributed by atoms with Gasteiger partial charge < -0.3 is 30.2 Å². The van der Waals surface area contributed by atoms with Crippen LogP contribution in [-0.2, 0) is 26.4 Å². The quantitative estimate of drug-likeness (QED) is 0.385. The molecule has 0 unspecified atom stereocenters. The number of aromatic nitrogens is 2. The van der Waals surface area contributed by atoms with Crippen molar-refractivity contribution < 1.29 is 19.7 Å². The zero-order valence-electron chi connectivity index (χ0n) is 19.4. The number of pyridine rings is 1. The Morgan fingerprint density at radius 1 is 1.20 bits per heavy atom. The average molecular weight is 525 g/mol. The molecule has 9 nitrogen and oxygen atoms in total. The fraction of sp³-hybridized carbons (Fsp3) is 0.417. The lowest BCUT2D eigenvalue weighted by molar-refractivity contribution is 0.142. The van der Waals surface area contributed by atoms with E-state index in [1.807, 2.05) is 0 Å². The van der Waals surface area contributed by atoms with E-state index in [1.54, 1.807) is 0 Å². The SMILES string of the molecule is Cl.Cl.Cn1c(CN2CCC(N)CC2)cc2cc3c(cc21)CCCc1c-3[nH]c(=O)c(OC(=O)O)c1O. The van der Waals surface area contributed by atoms with Gasteiger partial charge in [0.1, 0.15) is 0 Å². The van der Waals surface area contributed by atoms with Crippen LogP contribution in [0.4, 0.5) is 4.79 Å². The number of hydrogen-bond acceptors (Lipinski definition) is 6. The molecule has 1 saturated heterocycles. The van der Waals surface area contributed by atoms with Crippen LogP contribution < -0.4 is 16.0 Å². The number of nitrogens with two attached hydrogens (primary N) is 1. The van der Waals surface area contributed by atoms with E-state index in [9.17, 15) is 14.7 Å². The van der Waals surface area contributed by atoms with Crippen molar-refractivity contribution in [1.29, 1.82) is 0 Å². The molecule has 0 saturated carbocycles. The Balaban J connectivity index is 0.00000171. The number of ether oxygens (including phenoxy) is 1. The Morgan fingerprint density at radius 2 is 1.91 bits per heavy atom. The van der Waals surface area contributed by atoms with E-state index < -0.39 is 23.2 Å². The van der Waals surface area contributed by atoms with Crippen molar-refractivity contribution in [2.45, 2.75) is 44.7 Å². The van der Waals surface area contributed by atoms with E-state index in [0.717, 1.165) is 67.3 Å². The molecule has 0 radical (unpaired) electrons. The van der Waals surface area contributed by atoms with Crippen LogP contribution in [0.15, 0.2) is 23.0 Å². The lowest BCUT2D eigenvalue weighted by Crippen LogP contribution is -2.39. The van der Waals surface area contributed by atoms with Gasteiger partial charge in [-0.25, -0.2) is 4.79 Å². The molecule has 3 aromatic rings. The fourth-order valence-electron chi connectivity index (χ4n) is 5.14. The van der Waals surface area contributed by atoms with Crippen LogP contribution in [0.1, 0.15) is 36.1 Å². The predicted octanol–water partition coefficient (Wildman–Crippen LogP) is 3.55. The lowest BCUT2D eigenvalue weighted by Gasteiger charge is -2.30. The van der Waals surface area contributed by atoms with Gasteiger partial charge in [0.05, 0.1) is 5.69 Å². The highest BCUT2D eigenvalue weighted by atomic mass is 35.5. The van der Waals surface area contributed by atoms with Gasteiger partial charge in [-0.3, -0.25) is 9.69 Å². The summed E-state index contributed by atoms with van der Waals surface area (Å²) in [5.41, 5.74) is 10.6. The van der Waals surface area contributed by atoms with Gasteiger partial charge in [-0.1, -0.05) is 0 Å². The van der Waals surface area contributed by atoms with Gasteiger partial charge >= 0.3 is 6.16 Å². The number of carbonyl (C=O) groups is 1.